The zero-order chi connectivity index (χ0) is 15.0. The number of hydrogen-bond donors (Lipinski definition) is 3. The maximum Gasteiger partial charge on any atom is 0.432 e. The third-order valence-electron chi connectivity index (χ3n) is 3.10. The van der Waals surface area contributed by atoms with Gasteiger partial charge in [-0.15, -0.1) is 0 Å². The summed E-state index contributed by atoms with van der Waals surface area (Å²) in [5, 5.41) is 18.5. The van der Waals surface area contributed by atoms with Gasteiger partial charge in [0.2, 0.25) is 0 Å². The number of rotatable bonds is 3. The number of aliphatic hydroxyl groups is 1. The Morgan fingerprint density at radius 1 is 1.37 bits per heavy atom. The molecule has 0 aliphatic heterocycles. The molecule has 7 heteroatoms. The number of aliphatic carboxylic acids is 1. The molecular formula is C12H14F3NO3. The lowest BCUT2D eigenvalue weighted by atomic mass is 9.85. The third kappa shape index (κ3) is 2.25. The summed E-state index contributed by atoms with van der Waals surface area (Å²) in [5.74, 6) is -2.36. The van der Waals surface area contributed by atoms with Crippen molar-refractivity contribution in [2.75, 3.05) is 5.73 Å². The van der Waals surface area contributed by atoms with Crippen molar-refractivity contribution >= 4 is 11.7 Å². The van der Waals surface area contributed by atoms with Crippen LogP contribution in [0.2, 0.25) is 0 Å². The summed E-state index contributed by atoms with van der Waals surface area (Å²) >= 11 is 0. The van der Waals surface area contributed by atoms with Gasteiger partial charge in [0.05, 0.1) is 0 Å². The normalized spacial score (nSPS) is 15.1. The molecule has 1 aromatic carbocycles. The van der Waals surface area contributed by atoms with E-state index in [0.717, 1.165) is 12.1 Å². The van der Waals surface area contributed by atoms with Gasteiger partial charge in [-0.25, -0.2) is 4.79 Å². The van der Waals surface area contributed by atoms with E-state index >= 15 is 0 Å². The lowest BCUT2D eigenvalue weighted by Crippen LogP contribution is -2.49. The molecule has 0 saturated carbocycles. The first-order valence-electron chi connectivity index (χ1n) is 5.48. The lowest BCUT2D eigenvalue weighted by Gasteiger charge is -2.29. The second kappa shape index (κ2) is 4.73. The largest absolute Gasteiger partial charge is 0.479 e. The summed E-state index contributed by atoms with van der Waals surface area (Å²) in [6.45, 7) is 3.04. The molecule has 0 aliphatic rings. The first-order valence-corrected chi connectivity index (χ1v) is 5.48. The number of nitrogens with two attached hydrogens (primary N) is 1. The van der Waals surface area contributed by atoms with Gasteiger partial charge in [0.1, 0.15) is 0 Å². The molecular weight excluding hydrogens is 263 g/mol. The molecule has 1 atom stereocenters. The van der Waals surface area contributed by atoms with Gasteiger partial charge in [0.15, 0.2) is 0 Å². The Hall–Kier alpha value is -1.76. The molecule has 1 rings (SSSR count). The summed E-state index contributed by atoms with van der Waals surface area (Å²) in [7, 11) is 0. The van der Waals surface area contributed by atoms with E-state index in [4.69, 9.17) is 10.8 Å². The fourth-order valence-corrected chi connectivity index (χ4v) is 1.96. The summed E-state index contributed by atoms with van der Waals surface area (Å²) < 4.78 is 38.8. The van der Waals surface area contributed by atoms with Crippen LogP contribution in [0.3, 0.4) is 0 Å². The fourth-order valence-electron chi connectivity index (χ4n) is 1.96. The molecule has 19 heavy (non-hydrogen) atoms. The summed E-state index contributed by atoms with van der Waals surface area (Å²) in [6, 6.07) is 2.06. The van der Waals surface area contributed by atoms with Gasteiger partial charge in [-0.2, -0.15) is 13.2 Å². The van der Waals surface area contributed by atoms with Gasteiger partial charge in [0.25, 0.3) is 5.60 Å². The average Bonchev–Trinajstić information content (AvgIpc) is 2.29. The van der Waals surface area contributed by atoms with E-state index in [2.05, 4.69) is 0 Å². The molecule has 0 spiro atoms. The molecule has 4 nitrogen and oxygen atoms in total. The summed E-state index contributed by atoms with van der Waals surface area (Å²) in [5.41, 5.74) is 1.62. The van der Waals surface area contributed by atoms with Crippen LogP contribution in [-0.2, 0) is 16.8 Å². The molecule has 0 radical (unpaired) electrons. The van der Waals surface area contributed by atoms with Crippen molar-refractivity contribution in [3.63, 3.8) is 0 Å². The minimum absolute atomic E-state index is 0.0854. The Morgan fingerprint density at radius 2 is 1.89 bits per heavy atom. The standard InChI is InChI=1S/C12H14F3NO3/c1-3-7-6(2)9(16)5-4-8(7)11(19,10(17)18)12(13,14)15/h4-5,19H,3,16H2,1-2H3,(H,17,18). The van der Waals surface area contributed by atoms with E-state index in [-0.39, 0.29) is 17.7 Å². The second-order valence-corrected chi connectivity index (χ2v) is 4.17. The fraction of sp³-hybridized carbons (Fsp3) is 0.417. The minimum atomic E-state index is -5.33. The van der Waals surface area contributed by atoms with Crippen LogP contribution in [0.25, 0.3) is 0 Å². The first-order chi connectivity index (χ1) is 8.57. The Balaban J connectivity index is 3.67. The highest BCUT2D eigenvalue weighted by atomic mass is 19.4. The predicted molar refractivity (Wildman–Crippen MR) is 62.6 cm³/mol. The molecule has 4 N–H and O–H groups in total. The van der Waals surface area contributed by atoms with Crippen molar-refractivity contribution in [3.8, 4) is 0 Å². The first kappa shape index (κ1) is 15.3. The number of halogens is 3. The van der Waals surface area contributed by atoms with Crippen LogP contribution < -0.4 is 5.73 Å². The average molecular weight is 277 g/mol. The third-order valence-corrected chi connectivity index (χ3v) is 3.10. The molecule has 0 bridgehead atoms. The smallest absolute Gasteiger partial charge is 0.432 e. The van der Waals surface area contributed by atoms with E-state index in [1.807, 2.05) is 0 Å². The predicted octanol–water partition coefficient (Wildman–Crippen LogP) is 1.97. The van der Waals surface area contributed by atoms with E-state index in [9.17, 15) is 23.1 Å². The maximum atomic E-state index is 12.9. The highest BCUT2D eigenvalue weighted by Crippen LogP contribution is 2.42. The zero-order valence-electron chi connectivity index (χ0n) is 10.4. The number of carboxylic acids is 1. The topological polar surface area (TPSA) is 83.5 Å². The van der Waals surface area contributed by atoms with E-state index in [0.29, 0.717) is 5.56 Å². The minimum Gasteiger partial charge on any atom is -0.479 e. The van der Waals surface area contributed by atoms with Crippen molar-refractivity contribution in [1.29, 1.82) is 0 Å². The number of carboxylic acid groups (broad SMARTS) is 1. The van der Waals surface area contributed by atoms with Crippen LogP contribution >= 0.6 is 0 Å². The molecule has 1 unspecified atom stereocenters. The number of nitrogen functional groups attached to an aromatic ring is 1. The van der Waals surface area contributed by atoms with E-state index in [1.165, 1.54) is 6.92 Å². The van der Waals surface area contributed by atoms with Gasteiger partial charge in [-0.3, -0.25) is 0 Å². The van der Waals surface area contributed by atoms with E-state index < -0.39 is 23.3 Å². The molecule has 0 aliphatic carbocycles. The van der Waals surface area contributed by atoms with Crippen LogP contribution in [0.4, 0.5) is 18.9 Å². The second-order valence-electron chi connectivity index (χ2n) is 4.17. The number of hydrogen-bond acceptors (Lipinski definition) is 3. The van der Waals surface area contributed by atoms with Crippen LogP contribution in [-0.4, -0.2) is 22.4 Å². The van der Waals surface area contributed by atoms with E-state index in [1.54, 1.807) is 6.92 Å². The molecule has 1 aromatic rings. The van der Waals surface area contributed by atoms with Gasteiger partial charge < -0.3 is 15.9 Å². The summed E-state index contributed by atoms with van der Waals surface area (Å²) in [6.07, 6.45) is -5.21. The monoisotopic (exact) mass is 277 g/mol. The highest BCUT2D eigenvalue weighted by Gasteiger charge is 2.62. The Kier molecular flexibility index (Phi) is 3.81. The quantitative estimate of drug-likeness (QED) is 0.738. The van der Waals surface area contributed by atoms with Crippen LogP contribution in [0.5, 0.6) is 0 Å². The Bertz CT molecular complexity index is 514. The Labute approximate surface area is 107 Å². The molecule has 0 amide bonds. The van der Waals surface area contributed by atoms with Gasteiger partial charge in [0, 0.05) is 11.3 Å². The molecule has 0 heterocycles. The van der Waals surface area contributed by atoms with Crippen molar-refractivity contribution < 1.29 is 28.2 Å². The van der Waals surface area contributed by atoms with Crippen molar-refractivity contribution in [3.05, 3.63) is 28.8 Å². The molecule has 0 fully saturated rings. The van der Waals surface area contributed by atoms with Crippen LogP contribution in [0.1, 0.15) is 23.6 Å². The summed E-state index contributed by atoms with van der Waals surface area (Å²) in [4.78, 5) is 10.9. The number of benzene rings is 1. The van der Waals surface area contributed by atoms with Gasteiger partial charge in [-0.1, -0.05) is 13.0 Å². The maximum absolute atomic E-state index is 12.9. The number of carbonyl (C=O) groups is 1. The van der Waals surface area contributed by atoms with Crippen LogP contribution in [0, 0.1) is 6.92 Å². The van der Waals surface area contributed by atoms with Crippen molar-refractivity contribution in [1.82, 2.24) is 0 Å². The SMILES string of the molecule is CCc1c(C(O)(C(=O)O)C(F)(F)F)ccc(N)c1C. The van der Waals surface area contributed by atoms with Gasteiger partial charge in [-0.05, 0) is 30.5 Å². The van der Waals surface area contributed by atoms with Crippen molar-refractivity contribution in [2.24, 2.45) is 0 Å². The van der Waals surface area contributed by atoms with Gasteiger partial charge >= 0.3 is 12.1 Å². The number of anilines is 1. The van der Waals surface area contributed by atoms with Crippen LogP contribution in [0.15, 0.2) is 12.1 Å². The molecule has 106 valence electrons. The molecule has 0 aromatic heterocycles. The molecule has 0 saturated heterocycles. The lowest BCUT2D eigenvalue weighted by molar-refractivity contribution is -0.265. The van der Waals surface area contributed by atoms with Crippen molar-refractivity contribution in [2.45, 2.75) is 32.0 Å². The number of alkyl halides is 3. The zero-order valence-corrected chi connectivity index (χ0v) is 10.4. The Morgan fingerprint density at radius 3 is 2.26 bits per heavy atom. The highest BCUT2D eigenvalue weighted by molar-refractivity contribution is 5.81.